The Bertz CT molecular complexity index is 653. The minimum Gasteiger partial charge on any atom is -0.379 e. The first kappa shape index (κ1) is 23.0. The number of rotatable bonds is 8. The summed E-state index contributed by atoms with van der Waals surface area (Å²) in [6.45, 7) is 16.5. The highest BCUT2D eigenvalue weighted by atomic mass is 16.5. The first-order chi connectivity index (χ1) is 14.6. The van der Waals surface area contributed by atoms with Gasteiger partial charge in [-0.05, 0) is 31.9 Å². The summed E-state index contributed by atoms with van der Waals surface area (Å²) < 4.78 is 11.3. The molecule has 2 fully saturated rings. The molecule has 2 saturated heterocycles. The van der Waals surface area contributed by atoms with Crippen LogP contribution in [0.4, 0.5) is 0 Å². The maximum atomic E-state index is 5.88. The monoisotopic (exact) mass is 417 g/mol. The predicted molar refractivity (Wildman–Crippen MR) is 122 cm³/mol. The predicted octanol–water partition coefficient (Wildman–Crippen LogP) is 1.68. The van der Waals surface area contributed by atoms with E-state index < -0.39 is 0 Å². The van der Waals surface area contributed by atoms with Gasteiger partial charge in [-0.15, -0.1) is 0 Å². The molecule has 2 atom stereocenters. The van der Waals surface area contributed by atoms with Gasteiger partial charge in [-0.1, -0.05) is 24.3 Å². The number of aliphatic imine (C=N–C) groups is 1. The molecule has 0 bridgehead atoms. The maximum absolute atomic E-state index is 5.88. The van der Waals surface area contributed by atoms with Crippen molar-refractivity contribution in [3.63, 3.8) is 0 Å². The molecular weight excluding hydrogens is 378 g/mol. The molecule has 2 aliphatic rings. The summed E-state index contributed by atoms with van der Waals surface area (Å²) in [5.74, 6) is 0.883. The molecule has 0 radical (unpaired) electrons. The molecule has 168 valence electrons. The summed E-state index contributed by atoms with van der Waals surface area (Å²) in [6, 6.07) is 8.66. The van der Waals surface area contributed by atoms with Crippen molar-refractivity contribution in [2.24, 2.45) is 4.99 Å². The fourth-order valence-corrected chi connectivity index (χ4v) is 4.18. The Morgan fingerprint density at radius 1 is 1.03 bits per heavy atom. The molecule has 3 rings (SSSR count). The third-order valence-corrected chi connectivity index (χ3v) is 5.58. The summed E-state index contributed by atoms with van der Waals surface area (Å²) in [7, 11) is 0. The molecule has 0 saturated carbocycles. The molecule has 0 spiro atoms. The van der Waals surface area contributed by atoms with Gasteiger partial charge in [-0.2, -0.15) is 0 Å². The van der Waals surface area contributed by atoms with Gasteiger partial charge in [-0.25, -0.2) is 4.99 Å². The van der Waals surface area contributed by atoms with Gasteiger partial charge in [0, 0.05) is 52.4 Å². The minimum absolute atomic E-state index is 0.287. The first-order valence-electron chi connectivity index (χ1n) is 11.4. The van der Waals surface area contributed by atoms with E-state index in [-0.39, 0.29) is 12.2 Å². The fraction of sp³-hybridized carbons (Fsp3) is 0.696. The van der Waals surface area contributed by atoms with Gasteiger partial charge in [0.25, 0.3) is 0 Å². The number of benzene rings is 1. The van der Waals surface area contributed by atoms with Gasteiger partial charge in [0.2, 0.25) is 0 Å². The summed E-state index contributed by atoms with van der Waals surface area (Å²) in [6.07, 6.45) is 0.574. The summed E-state index contributed by atoms with van der Waals surface area (Å²) >= 11 is 0. The molecule has 2 heterocycles. The van der Waals surface area contributed by atoms with Crippen LogP contribution >= 0.6 is 0 Å². The number of nitrogens with zero attached hydrogens (tertiary/aromatic N) is 3. The molecule has 0 aromatic heterocycles. The lowest BCUT2D eigenvalue weighted by Gasteiger charge is -2.35. The van der Waals surface area contributed by atoms with Crippen molar-refractivity contribution in [1.29, 1.82) is 0 Å². The Kier molecular flexibility index (Phi) is 9.39. The summed E-state index contributed by atoms with van der Waals surface area (Å²) in [5.41, 5.74) is 2.64. The van der Waals surface area contributed by atoms with Crippen LogP contribution in [-0.4, -0.2) is 87.0 Å². The second-order valence-electron chi connectivity index (χ2n) is 8.30. The van der Waals surface area contributed by atoms with E-state index in [2.05, 4.69) is 65.5 Å². The number of hydrogen-bond donors (Lipinski definition) is 2. The standard InChI is InChI=1S/C23H39N5O2/c1-4-24-23(25-9-10-27-11-13-29-14-12-27)26-15-21-7-5-6-8-22(21)18-28-16-19(2)30-20(3)17-28/h5-8,19-20H,4,9-18H2,1-3H3,(H2,24,25,26). The van der Waals surface area contributed by atoms with E-state index in [1.165, 1.54) is 11.1 Å². The molecular formula is C23H39N5O2. The van der Waals surface area contributed by atoms with E-state index in [0.717, 1.165) is 71.5 Å². The smallest absolute Gasteiger partial charge is 0.191 e. The Hall–Kier alpha value is -1.67. The topological polar surface area (TPSA) is 61.4 Å². The van der Waals surface area contributed by atoms with Crippen LogP contribution in [-0.2, 0) is 22.6 Å². The van der Waals surface area contributed by atoms with E-state index in [0.29, 0.717) is 6.54 Å². The van der Waals surface area contributed by atoms with Crippen molar-refractivity contribution < 1.29 is 9.47 Å². The lowest BCUT2D eigenvalue weighted by atomic mass is 10.1. The van der Waals surface area contributed by atoms with Crippen molar-refractivity contribution in [3.05, 3.63) is 35.4 Å². The van der Waals surface area contributed by atoms with Crippen LogP contribution in [0.15, 0.2) is 29.3 Å². The molecule has 2 N–H and O–H groups in total. The van der Waals surface area contributed by atoms with Gasteiger partial charge in [0.05, 0.1) is 32.0 Å². The molecule has 7 heteroatoms. The Morgan fingerprint density at radius 2 is 1.73 bits per heavy atom. The van der Waals surface area contributed by atoms with Crippen LogP contribution in [0, 0.1) is 0 Å². The van der Waals surface area contributed by atoms with Gasteiger partial charge in [0.1, 0.15) is 0 Å². The van der Waals surface area contributed by atoms with Crippen molar-refractivity contribution in [3.8, 4) is 0 Å². The SMILES string of the molecule is CCNC(=NCc1ccccc1CN1CC(C)OC(C)C1)NCCN1CCOCC1. The zero-order valence-corrected chi connectivity index (χ0v) is 18.9. The summed E-state index contributed by atoms with van der Waals surface area (Å²) in [4.78, 5) is 9.78. The van der Waals surface area contributed by atoms with E-state index >= 15 is 0 Å². The van der Waals surface area contributed by atoms with Crippen LogP contribution in [0.5, 0.6) is 0 Å². The van der Waals surface area contributed by atoms with E-state index in [1.54, 1.807) is 0 Å². The fourth-order valence-electron chi connectivity index (χ4n) is 4.18. The van der Waals surface area contributed by atoms with E-state index in [9.17, 15) is 0 Å². The van der Waals surface area contributed by atoms with Gasteiger partial charge < -0.3 is 20.1 Å². The molecule has 1 aromatic rings. The van der Waals surface area contributed by atoms with Gasteiger partial charge in [-0.3, -0.25) is 9.80 Å². The average molecular weight is 418 g/mol. The van der Waals surface area contributed by atoms with E-state index in [4.69, 9.17) is 14.5 Å². The number of nitrogens with one attached hydrogen (secondary N) is 2. The zero-order chi connectivity index (χ0) is 21.2. The van der Waals surface area contributed by atoms with Crippen molar-refractivity contribution in [2.45, 2.75) is 46.1 Å². The third-order valence-electron chi connectivity index (χ3n) is 5.58. The van der Waals surface area contributed by atoms with Crippen LogP contribution in [0.25, 0.3) is 0 Å². The first-order valence-corrected chi connectivity index (χ1v) is 11.4. The zero-order valence-electron chi connectivity index (χ0n) is 18.9. The largest absolute Gasteiger partial charge is 0.379 e. The third kappa shape index (κ3) is 7.54. The quantitative estimate of drug-likeness (QED) is 0.496. The van der Waals surface area contributed by atoms with Crippen molar-refractivity contribution in [2.75, 3.05) is 59.0 Å². The molecule has 30 heavy (non-hydrogen) atoms. The highest BCUT2D eigenvalue weighted by molar-refractivity contribution is 5.79. The van der Waals surface area contributed by atoms with Gasteiger partial charge >= 0.3 is 0 Å². The second kappa shape index (κ2) is 12.2. The molecule has 2 unspecified atom stereocenters. The average Bonchev–Trinajstić information content (AvgIpc) is 2.73. The minimum atomic E-state index is 0.287. The summed E-state index contributed by atoms with van der Waals surface area (Å²) in [5, 5.41) is 6.85. The molecule has 1 aromatic carbocycles. The Morgan fingerprint density at radius 3 is 2.43 bits per heavy atom. The lowest BCUT2D eigenvalue weighted by Crippen LogP contribution is -2.45. The maximum Gasteiger partial charge on any atom is 0.191 e. The molecule has 2 aliphatic heterocycles. The van der Waals surface area contributed by atoms with Gasteiger partial charge in [0.15, 0.2) is 5.96 Å². The normalized spacial score (nSPS) is 24.0. The molecule has 0 amide bonds. The van der Waals surface area contributed by atoms with Crippen LogP contribution in [0.3, 0.4) is 0 Å². The van der Waals surface area contributed by atoms with Crippen molar-refractivity contribution >= 4 is 5.96 Å². The molecule has 0 aliphatic carbocycles. The van der Waals surface area contributed by atoms with Crippen LogP contribution < -0.4 is 10.6 Å². The number of ether oxygens (including phenoxy) is 2. The highest BCUT2D eigenvalue weighted by Gasteiger charge is 2.22. The molecule has 7 nitrogen and oxygen atoms in total. The van der Waals surface area contributed by atoms with E-state index in [1.807, 2.05) is 0 Å². The van der Waals surface area contributed by atoms with Crippen molar-refractivity contribution in [1.82, 2.24) is 20.4 Å². The lowest BCUT2D eigenvalue weighted by molar-refractivity contribution is -0.0705. The number of guanidine groups is 1. The second-order valence-corrected chi connectivity index (χ2v) is 8.30. The van der Waals surface area contributed by atoms with Crippen LogP contribution in [0.2, 0.25) is 0 Å². The number of hydrogen-bond acceptors (Lipinski definition) is 5. The Labute approximate surface area is 181 Å². The number of morpholine rings is 2. The Balaban J connectivity index is 1.55. The highest BCUT2D eigenvalue weighted by Crippen LogP contribution is 2.17. The van der Waals surface area contributed by atoms with Crippen LogP contribution in [0.1, 0.15) is 31.9 Å².